The summed E-state index contributed by atoms with van der Waals surface area (Å²) in [4.78, 5) is 11.3. The van der Waals surface area contributed by atoms with Crippen molar-refractivity contribution < 1.29 is 22.7 Å². The highest BCUT2D eigenvalue weighted by Crippen LogP contribution is 2.41. The lowest BCUT2D eigenvalue weighted by Gasteiger charge is -2.17. The molecule has 2 N–H and O–H groups in total. The molecule has 134 valence electrons. The number of halogens is 3. The van der Waals surface area contributed by atoms with Gasteiger partial charge in [-0.15, -0.1) is 13.2 Å². The molecule has 0 aliphatic rings. The Balaban J connectivity index is 2.24. The van der Waals surface area contributed by atoms with Crippen molar-refractivity contribution in [1.29, 1.82) is 0 Å². The molecule has 0 aliphatic carbocycles. The molecule has 1 amide bonds. The number of ether oxygens (including phenoxy) is 1. The lowest BCUT2D eigenvalue weighted by molar-refractivity contribution is -0.274. The number of benzene rings is 2. The zero-order chi connectivity index (χ0) is 18.9. The van der Waals surface area contributed by atoms with Gasteiger partial charge in [-0.1, -0.05) is 42.5 Å². The van der Waals surface area contributed by atoms with Gasteiger partial charge in [0.2, 0.25) is 0 Å². The first-order chi connectivity index (χ1) is 12.3. The van der Waals surface area contributed by atoms with E-state index in [0.29, 0.717) is 5.56 Å². The average Bonchev–Trinajstić information content (AvgIpc) is 2.96. The van der Waals surface area contributed by atoms with Crippen LogP contribution in [0.4, 0.5) is 13.2 Å². The minimum absolute atomic E-state index is 0.0504. The molecule has 5 nitrogen and oxygen atoms in total. The first-order valence-corrected chi connectivity index (χ1v) is 7.54. The summed E-state index contributed by atoms with van der Waals surface area (Å²) >= 11 is 0. The molecule has 0 bridgehead atoms. The van der Waals surface area contributed by atoms with Crippen LogP contribution in [0.3, 0.4) is 0 Å². The van der Waals surface area contributed by atoms with E-state index in [1.54, 1.807) is 36.4 Å². The van der Waals surface area contributed by atoms with E-state index >= 15 is 0 Å². The van der Waals surface area contributed by atoms with Gasteiger partial charge in [-0.2, -0.15) is 5.10 Å². The van der Waals surface area contributed by atoms with Gasteiger partial charge < -0.3 is 10.5 Å². The fourth-order valence-corrected chi connectivity index (χ4v) is 2.65. The maximum absolute atomic E-state index is 13.0. The van der Waals surface area contributed by atoms with Gasteiger partial charge in [0, 0.05) is 18.2 Å². The van der Waals surface area contributed by atoms with Gasteiger partial charge in [0.15, 0.2) is 5.69 Å². The molecule has 0 saturated carbocycles. The predicted octanol–water partition coefficient (Wildman–Crippen LogP) is 3.75. The number of rotatable bonds is 4. The first-order valence-electron chi connectivity index (χ1n) is 7.54. The standard InChI is InChI=1S/C18H14F3N3O2/c1-24-15(10-14(23-24)17(22)25)13-9-5-8-12(11-6-3-2-4-7-11)16(13)26-18(19,20)21/h2-10H,1H3,(H2,22,25). The van der Waals surface area contributed by atoms with Crippen molar-refractivity contribution in [3.8, 4) is 28.1 Å². The number of aryl methyl sites for hydroxylation is 1. The third kappa shape index (κ3) is 3.53. The van der Waals surface area contributed by atoms with Crippen LogP contribution < -0.4 is 10.5 Å². The minimum Gasteiger partial charge on any atom is -0.404 e. The molecular weight excluding hydrogens is 347 g/mol. The molecule has 2 aromatic carbocycles. The molecule has 0 spiro atoms. The lowest BCUT2D eigenvalue weighted by Crippen LogP contribution is -2.18. The predicted molar refractivity (Wildman–Crippen MR) is 89.3 cm³/mol. The van der Waals surface area contributed by atoms with Crippen LogP contribution in [0.25, 0.3) is 22.4 Å². The molecule has 3 aromatic rings. The SMILES string of the molecule is Cn1nc(C(N)=O)cc1-c1cccc(-c2ccccc2)c1OC(F)(F)F. The number of hydrogen-bond acceptors (Lipinski definition) is 3. The minimum atomic E-state index is -4.88. The average molecular weight is 361 g/mol. The molecule has 0 radical (unpaired) electrons. The number of hydrogen-bond donors (Lipinski definition) is 1. The molecule has 0 fully saturated rings. The van der Waals surface area contributed by atoms with E-state index in [9.17, 15) is 18.0 Å². The highest BCUT2D eigenvalue weighted by Gasteiger charge is 2.34. The second-order valence-electron chi connectivity index (χ2n) is 5.50. The number of alkyl halides is 3. The summed E-state index contributed by atoms with van der Waals surface area (Å²) in [6, 6.07) is 14.5. The number of nitrogens with zero attached hydrogens (tertiary/aromatic N) is 2. The van der Waals surface area contributed by atoms with Crippen LogP contribution in [-0.2, 0) is 7.05 Å². The highest BCUT2D eigenvalue weighted by molar-refractivity contribution is 5.92. The van der Waals surface area contributed by atoms with Crippen LogP contribution in [0.1, 0.15) is 10.5 Å². The van der Waals surface area contributed by atoms with E-state index in [0.717, 1.165) is 0 Å². The summed E-state index contributed by atoms with van der Waals surface area (Å²) < 4.78 is 44.8. The first kappa shape index (κ1) is 17.5. The Morgan fingerprint density at radius 1 is 1.08 bits per heavy atom. The number of para-hydroxylation sites is 1. The Bertz CT molecular complexity index is 950. The van der Waals surface area contributed by atoms with E-state index in [1.807, 2.05) is 0 Å². The van der Waals surface area contributed by atoms with Crippen LogP contribution >= 0.6 is 0 Å². The van der Waals surface area contributed by atoms with Gasteiger partial charge in [0.05, 0.1) is 5.69 Å². The zero-order valence-corrected chi connectivity index (χ0v) is 13.6. The lowest BCUT2D eigenvalue weighted by atomic mass is 9.99. The van der Waals surface area contributed by atoms with Crippen molar-refractivity contribution in [2.45, 2.75) is 6.36 Å². The fourth-order valence-electron chi connectivity index (χ4n) is 2.65. The molecule has 3 rings (SSSR count). The second kappa shape index (κ2) is 6.55. The van der Waals surface area contributed by atoms with E-state index in [4.69, 9.17) is 5.73 Å². The summed E-state index contributed by atoms with van der Waals surface area (Å²) in [5, 5.41) is 3.93. The number of carbonyl (C=O) groups excluding carboxylic acids is 1. The van der Waals surface area contributed by atoms with Gasteiger partial charge in [-0.05, 0) is 17.7 Å². The largest absolute Gasteiger partial charge is 0.573 e. The Labute approximate surface area is 146 Å². The summed E-state index contributed by atoms with van der Waals surface area (Å²) in [6.45, 7) is 0. The van der Waals surface area contributed by atoms with Crippen LogP contribution in [0.5, 0.6) is 5.75 Å². The molecular formula is C18H14F3N3O2. The molecule has 1 aromatic heterocycles. The van der Waals surface area contributed by atoms with Crippen molar-refractivity contribution in [2.75, 3.05) is 0 Å². The van der Waals surface area contributed by atoms with Gasteiger partial charge in [-0.3, -0.25) is 9.48 Å². The van der Waals surface area contributed by atoms with Gasteiger partial charge in [0.1, 0.15) is 5.75 Å². The molecule has 0 atom stereocenters. The van der Waals surface area contributed by atoms with Crippen LogP contribution in [0.15, 0.2) is 54.6 Å². The molecule has 1 heterocycles. The summed E-state index contributed by atoms with van der Waals surface area (Å²) in [7, 11) is 1.51. The monoisotopic (exact) mass is 361 g/mol. The molecule has 8 heteroatoms. The van der Waals surface area contributed by atoms with Crippen molar-refractivity contribution in [1.82, 2.24) is 9.78 Å². The Morgan fingerprint density at radius 2 is 1.73 bits per heavy atom. The van der Waals surface area contributed by atoms with Crippen molar-refractivity contribution >= 4 is 5.91 Å². The fraction of sp³-hybridized carbons (Fsp3) is 0.111. The number of carbonyl (C=O) groups is 1. The van der Waals surface area contributed by atoms with Crippen molar-refractivity contribution in [3.05, 3.63) is 60.3 Å². The van der Waals surface area contributed by atoms with Crippen LogP contribution in [-0.4, -0.2) is 22.1 Å². The molecule has 0 saturated heterocycles. The van der Waals surface area contributed by atoms with E-state index in [1.165, 1.54) is 29.9 Å². The smallest absolute Gasteiger partial charge is 0.404 e. The van der Waals surface area contributed by atoms with Gasteiger partial charge in [-0.25, -0.2) is 0 Å². The summed E-state index contributed by atoms with van der Waals surface area (Å²) in [5.74, 6) is -1.14. The number of amides is 1. The van der Waals surface area contributed by atoms with Crippen LogP contribution in [0, 0.1) is 0 Å². The third-order valence-electron chi connectivity index (χ3n) is 3.73. The Kier molecular flexibility index (Phi) is 4.41. The maximum atomic E-state index is 13.0. The number of primary amides is 1. The van der Waals surface area contributed by atoms with E-state index < -0.39 is 12.3 Å². The molecule has 26 heavy (non-hydrogen) atoms. The van der Waals surface area contributed by atoms with E-state index in [2.05, 4.69) is 9.84 Å². The third-order valence-corrected chi connectivity index (χ3v) is 3.73. The zero-order valence-electron chi connectivity index (χ0n) is 13.6. The quantitative estimate of drug-likeness (QED) is 0.769. The normalized spacial score (nSPS) is 11.4. The number of nitrogens with two attached hydrogens (primary N) is 1. The Hall–Kier alpha value is -3.29. The summed E-state index contributed by atoms with van der Waals surface area (Å²) in [5.41, 5.74) is 6.40. The molecule has 0 aliphatic heterocycles. The maximum Gasteiger partial charge on any atom is 0.573 e. The van der Waals surface area contributed by atoms with Crippen LogP contribution in [0.2, 0.25) is 0 Å². The molecule has 0 unspecified atom stereocenters. The second-order valence-corrected chi connectivity index (χ2v) is 5.50. The number of aromatic nitrogens is 2. The van der Waals surface area contributed by atoms with Crippen molar-refractivity contribution in [2.24, 2.45) is 12.8 Å². The van der Waals surface area contributed by atoms with Gasteiger partial charge >= 0.3 is 6.36 Å². The van der Waals surface area contributed by atoms with Crippen molar-refractivity contribution in [3.63, 3.8) is 0 Å². The topological polar surface area (TPSA) is 70.1 Å². The van der Waals surface area contributed by atoms with E-state index in [-0.39, 0.29) is 28.3 Å². The Morgan fingerprint density at radius 3 is 2.31 bits per heavy atom. The summed E-state index contributed by atoms with van der Waals surface area (Å²) in [6.07, 6.45) is -4.88. The highest BCUT2D eigenvalue weighted by atomic mass is 19.4. The van der Waals surface area contributed by atoms with Gasteiger partial charge in [0.25, 0.3) is 5.91 Å².